The van der Waals surface area contributed by atoms with Crippen LogP contribution in [0.3, 0.4) is 0 Å². The van der Waals surface area contributed by atoms with Crippen LogP contribution in [-0.2, 0) is 9.53 Å². The minimum Gasteiger partial charge on any atom is -0.502 e. The molecule has 1 aliphatic heterocycles. The molecule has 0 radical (unpaired) electrons. The zero-order chi connectivity index (χ0) is 8.43. The highest BCUT2D eigenvalue weighted by molar-refractivity contribution is 5.86. The van der Waals surface area contributed by atoms with Gasteiger partial charge in [0.1, 0.15) is 6.10 Å². The lowest BCUT2D eigenvalue weighted by molar-refractivity contribution is -0.151. The molecule has 1 rings (SSSR count). The number of carbonyl (C=O) groups excluding carboxylic acids is 1. The van der Waals surface area contributed by atoms with Gasteiger partial charge < -0.3 is 9.84 Å². The molecule has 3 heteroatoms. The Morgan fingerprint density at radius 1 is 1.73 bits per heavy atom. The molecule has 1 unspecified atom stereocenters. The first-order chi connectivity index (χ1) is 5.11. The van der Waals surface area contributed by atoms with Crippen molar-refractivity contribution in [3.63, 3.8) is 0 Å². The Balaban J connectivity index is 2.62. The van der Waals surface area contributed by atoms with Gasteiger partial charge in [0.15, 0.2) is 5.76 Å². The fraction of sp³-hybridized carbons (Fsp3) is 0.625. The summed E-state index contributed by atoms with van der Waals surface area (Å²) in [6.45, 7) is 3.96. The second kappa shape index (κ2) is 2.95. The van der Waals surface area contributed by atoms with Crippen molar-refractivity contribution < 1.29 is 14.6 Å². The molecule has 1 aliphatic rings. The van der Waals surface area contributed by atoms with Crippen LogP contribution in [0.15, 0.2) is 11.8 Å². The molecule has 0 aromatic heterocycles. The van der Waals surface area contributed by atoms with Crippen molar-refractivity contribution in [3.05, 3.63) is 11.8 Å². The van der Waals surface area contributed by atoms with Crippen LogP contribution in [0.1, 0.15) is 20.3 Å². The molecule has 0 aromatic carbocycles. The van der Waals surface area contributed by atoms with Crippen LogP contribution in [0.2, 0.25) is 0 Å². The van der Waals surface area contributed by atoms with Crippen molar-refractivity contribution in [3.8, 4) is 0 Å². The lowest BCUT2D eigenvalue weighted by Gasteiger charge is -2.22. The van der Waals surface area contributed by atoms with E-state index in [2.05, 4.69) is 0 Å². The van der Waals surface area contributed by atoms with Gasteiger partial charge in [-0.15, -0.1) is 0 Å². The Kier molecular flexibility index (Phi) is 2.17. The molecular weight excluding hydrogens is 144 g/mol. The van der Waals surface area contributed by atoms with Crippen LogP contribution in [0.4, 0.5) is 0 Å². The molecule has 0 amide bonds. The molecule has 0 saturated carbocycles. The molecule has 0 saturated heterocycles. The van der Waals surface area contributed by atoms with E-state index in [1.165, 1.54) is 6.08 Å². The zero-order valence-electron chi connectivity index (χ0n) is 6.70. The molecular formula is C8H12O3. The van der Waals surface area contributed by atoms with Crippen molar-refractivity contribution in [1.29, 1.82) is 0 Å². The lowest BCUT2D eigenvalue weighted by atomic mass is 10.0. The monoisotopic (exact) mass is 156 g/mol. The number of rotatable bonds is 1. The molecule has 0 bridgehead atoms. The normalized spacial score (nSPS) is 24.8. The maximum Gasteiger partial charge on any atom is 0.373 e. The summed E-state index contributed by atoms with van der Waals surface area (Å²) < 4.78 is 4.90. The smallest absolute Gasteiger partial charge is 0.373 e. The lowest BCUT2D eigenvalue weighted by Crippen LogP contribution is -2.27. The van der Waals surface area contributed by atoms with E-state index in [9.17, 15) is 4.79 Å². The summed E-state index contributed by atoms with van der Waals surface area (Å²) in [5.41, 5.74) is 0. The highest BCUT2D eigenvalue weighted by atomic mass is 16.6. The van der Waals surface area contributed by atoms with Gasteiger partial charge in [-0.1, -0.05) is 13.8 Å². The SMILES string of the molecule is CC(C)C1CC=C(O)C(=O)O1. The molecule has 0 spiro atoms. The molecule has 3 nitrogen and oxygen atoms in total. The van der Waals surface area contributed by atoms with Crippen molar-refractivity contribution >= 4 is 5.97 Å². The molecule has 0 aromatic rings. The maximum absolute atomic E-state index is 10.8. The average Bonchev–Trinajstić information content (AvgIpc) is 1.94. The van der Waals surface area contributed by atoms with E-state index in [1.54, 1.807) is 0 Å². The number of ether oxygens (including phenoxy) is 1. The number of hydrogen-bond donors (Lipinski definition) is 1. The molecule has 1 atom stereocenters. The summed E-state index contributed by atoms with van der Waals surface area (Å²) in [6.07, 6.45) is 2.06. The van der Waals surface area contributed by atoms with Crippen LogP contribution in [-0.4, -0.2) is 17.2 Å². The number of carbonyl (C=O) groups is 1. The minimum atomic E-state index is -0.602. The number of cyclic esters (lactones) is 1. The van der Waals surface area contributed by atoms with E-state index in [0.717, 1.165) is 0 Å². The summed E-state index contributed by atoms with van der Waals surface area (Å²) in [5.74, 6) is -0.555. The molecule has 11 heavy (non-hydrogen) atoms. The van der Waals surface area contributed by atoms with Crippen molar-refractivity contribution in [1.82, 2.24) is 0 Å². The number of aliphatic hydroxyl groups is 1. The maximum atomic E-state index is 10.8. The average molecular weight is 156 g/mol. The van der Waals surface area contributed by atoms with Gasteiger partial charge in [-0.05, 0) is 12.0 Å². The largest absolute Gasteiger partial charge is 0.502 e. The number of hydrogen-bond acceptors (Lipinski definition) is 3. The van der Waals surface area contributed by atoms with Gasteiger partial charge in [-0.3, -0.25) is 0 Å². The van der Waals surface area contributed by atoms with Gasteiger partial charge in [0.25, 0.3) is 0 Å². The van der Waals surface area contributed by atoms with Gasteiger partial charge >= 0.3 is 5.97 Å². The summed E-state index contributed by atoms with van der Waals surface area (Å²) in [7, 11) is 0. The summed E-state index contributed by atoms with van der Waals surface area (Å²) in [4.78, 5) is 10.8. The molecule has 1 N–H and O–H groups in total. The van der Waals surface area contributed by atoms with Crippen molar-refractivity contribution in [2.24, 2.45) is 5.92 Å². The Hall–Kier alpha value is -0.990. The third kappa shape index (κ3) is 1.73. The third-order valence-electron chi connectivity index (χ3n) is 1.75. The van der Waals surface area contributed by atoms with E-state index in [4.69, 9.17) is 9.84 Å². The van der Waals surface area contributed by atoms with Crippen LogP contribution in [0, 0.1) is 5.92 Å². The number of esters is 1. The Labute approximate surface area is 65.7 Å². The first-order valence-electron chi connectivity index (χ1n) is 3.71. The van der Waals surface area contributed by atoms with Gasteiger partial charge in [0, 0.05) is 6.42 Å². The van der Waals surface area contributed by atoms with Crippen molar-refractivity contribution in [2.75, 3.05) is 0 Å². The second-order valence-corrected chi connectivity index (χ2v) is 3.01. The van der Waals surface area contributed by atoms with E-state index >= 15 is 0 Å². The fourth-order valence-electron chi connectivity index (χ4n) is 0.965. The predicted molar refractivity (Wildman–Crippen MR) is 40.0 cm³/mol. The highest BCUT2D eigenvalue weighted by Crippen LogP contribution is 2.18. The van der Waals surface area contributed by atoms with Crippen LogP contribution >= 0.6 is 0 Å². The van der Waals surface area contributed by atoms with Gasteiger partial charge in [0.2, 0.25) is 0 Å². The molecule has 1 heterocycles. The topological polar surface area (TPSA) is 46.5 Å². The zero-order valence-corrected chi connectivity index (χ0v) is 6.70. The summed E-state index contributed by atoms with van der Waals surface area (Å²) in [5, 5.41) is 8.86. The standard InChI is InChI=1S/C8H12O3/c1-5(2)7-4-3-6(9)8(10)11-7/h3,5,7,9H,4H2,1-2H3. The second-order valence-electron chi connectivity index (χ2n) is 3.01. The predicted octanol–water partition coefficient (Wildman–Crippen LogP) is 1.40. The Bertz CT molecular complexity index is 194. The van der Waals surface area contributed by atoms with E-state index in [0.29, 0.717) is 12.3 Å². The first kappa shape index (κ1) is 8.11. The Morgan fingerprint density at radius 3 is 2.82 bits per heavy atom. The summed E-state index contributed by atoms with van der Waals surface area (Å²) in [6, 6.07) is 0. The highest BCUT2D eigenvalue weighted by Gasteiger charge is 2.24. The van der Waals surface area contributed by atoms with Gasteiger partial charge in [-0.2, -0.15) is 0 Å². The van der Waals surface area contributed by atoms with Gasteiger partial charge in [-0.25, -0.2) is 4.79 Å². The minimum absolute atomic E-state index is 0.0709. The van der Waals surface area contributed by atoms with Gasteiger partial charge in [0.05, 0.1) is 0 Å². The molecule has 0 fully saturated rings. The fourth-order valence-corrected chi connectivity index (χ4v) is 0.965. The van der Waals surface area contributed by atoms with Crippen LogP contribution in [0.5, 0.6) is 0 Å². The summed E-state index contributed by atoms with van der Waals surface area (Å²) >= 11 is 0. The Morgan fingerprint density at radius 2 is 2.36 bits per heavy atom. The third-order valence-corrected chi connectivity index (χ3v) is 1.75. The van der Waals surface area contributed by atoms with E-state index in [1.807, 2.05) is 13.8 Å². The quantitative estimate of drug-likeness (QED) is 0.584. The first-order valence-corrected chi connectivity index (χ1v) is 3.71. The molecule has 0 aliphatic carbocycles. The van der Waals surface area contributed by atoms with Crippen LogP contribution < -0.4 is 0 Å². The van der Waals surface area contributed by atoms with Crippen LogP contribution in [0.25, 0.3) is 0 Å². The molecule has 62 valence electrons. The van der Waals surface area contributed by atoms with Crippen molar-refractivity contribution in [2.45, 2.75) is 26.4 Å². The number of aliphatic hydroxyl groups excluding tert-OH is 1. The van der Waals surface area contributed by atoms with E-state index < -0.39 is 5.97 Å². The van der Waals surface area contributed by atoms with E-state index in [-0.39, 0.29) is 11.9 Å².